The van der Waals surface area contributed by atoms with Gasteiger partial charge in [0.05, 0.1) is 42.5 Å². The Kier molecular flexibility index (Phi) is 12.5. The normalized spacial score (nSPS) is 15.6. The summed E-state index contributed by atoms with van der Waals surface area (Å²) in [5.41, 5.74) is -1.07. The lowest BCUT2D eigenvalue weighted by atomic mass is 10.2. The standard InChI is InChI=1S/C35H45F2N6O7PS/c1-34(2,3)49-51(45,50-35(4,5)6)48-20-22-10-9-13-43(22)14-15-47-29-18-27-24(17-28(29)46-7)32(40-21-39-27)42-33-38-19-23(52-33)16-30(44)41-26-12-8-11-25(36)31(26)37/h8,11-12,17-19,21-22H,9-10,13-16,20H2,1-7H3,(H,41,44)(H,38,39,40,42)/t22-/m1/s1. The molecule has 3 heterocycles. The minimum absolute atomic E-state index is 0.0149. The summed E-state index contributed by atoms with van der Waals surface area (Å²) in [6.45, 7) is 12.8. The number of halogens is 2. The first-order valence-electron chi connectivity index (χ1n) is 16.8. The van der Waals surface area contributed by atoms with Crippen LogP contribution in [-0.2, 0) is 29.4 Å². The summed E-state index contributed by atoms with van der Waals surface area (Å²) in [6.07, 6.45) is 4.70. The number of ether oxygens (including phenoxy) is 2. The Bertz CT molecular complexity index is 1900. The van der Waals surface area contributed by atoms with Crippen molar-refractivity contribution in [1.29, 1.82) is 0 Å². The molecular formula is C35H45F2N6O7PS. The van der Waals surface area contributed by atoms with Crippen molar-refractivity contribution in [3.63, 3.8) is 0 Å². The van der Waals surface area contributed by atoms with Crippen LogP contribution < -0.4 is 20.1 Å². The fraction of sp³-hybridized carbons (Fsp3) is 0.486. The van der Waals surface area contributed by atoms with Crippen molar-refractivity contribution >= 4 is 52.6 Å². The second-order valence-corrected chi connectivity index (χ2v) is 16.8. The number of nitrogens with zero attached hydrogens (tertiary/aromatic N) is 4. The number of rotatable bonds is 15. The van der Waals surface area contributed by atoms with E-state index in [-0.39, 0.29) is 24.8 Å². The first-order chi connectivity index (χ1) is 24.5. The van der Waals surface area contributed by atoms with Crippen molar-refractivity contribution in [3.05, 3.63) is 59.4 Å². The Morgan fingerprint density at radius 2 is 1.81 bits per heavy atom. The van der Waals surface area contributed by atoms with Gasteiger partial charge in [-0.15, -0.1) is 11.3 Å². The summed E-state index contributed by atoms with van der Waals surface area (Å²) in [5, 5.41) is 6.68. The third-order valence-corrected chi connectivity index (χ3v) is 10.5. The van der Waals surface area contributed by atoms with E-state index in [0.29, 0.717) is 51.4 Å². The van der Waals surface area contributed by atoms with Crippen LogP contribution in [-0.4, -0.2) is 76.4 Å². The van der Waals surface area contributed by atoms with Crippen molar-refractivity contribution in [1.82, 2.24) is 19.9 Å². The zero-order valence-corrected chi connectivity index (χ0v) is 32.0. The number of benzene rings is 2. The Morgan fingerprint density at radius 3 is 2.52 bits per heavy atom. The molecule has 13 nitrogen and oxygen atoms in total. The summed E-state index contributed by atoms with van der Waals surface area (Å²) in [4.78, 5) is 28.5. The molecule has 1 amide bonds. The third kappa shape index (κ3) is 10.9. The first-order valence-corrected chi connectivity index (χ1v) is 19.1. The summed E-state index contributed by atoms with van der Waals surface area (Å²) < 4.78 is 70.3. The van der Waals surface area contributed by atoms with Gasteiger partial charge in [0.25, 0.3) is 0 Å². The monoisotopic (exact) mass is 762 g/mol. The highest BCUT2D eigenvalue weighted by molar-refractivity contribution is 7.48. The number of amides is 1. The van der Waals surface area contributed by atoms with E-state index in [2.05, 4.69) is 30.5 Å². The molecule has 282 valence electrons. The van der Waals surface area contributed by atoms with Crippen LogP contribution in [0.5, 0.6) is 11.5 Å². The van der Waals surface area contributed by atoms with Crippen molar-refractivity contribution in [3.8, 4) is 11.5 Å². The van der Waals surface area contributed by atoms with Gasteiger partial charge in [-0.25, -0.2) is 28.3 Å². The van der Waals surface area contributed by atoms with Crippen LogP contribution in [0, 0.1) is 11.6 Å². The maximum absolute atomic E-state index is 14.0. The van der Waals surface area contributed by atoms with E-state index in [1.807, 2.05) is 41.5 Å². The number of carbonyl (C=O) groups is 1. The summed E-state index contributed by atoms with van der Waals surface area (Å²) in [7, 11) is -2.28. The zero-order chi connectivity index (χ0) is 37.7. The van der Waals surface area contributed by atoms with E-state index in [4.69, 9.17) is 23.0 Å². The molecular weight excluding hydrogens is 717 g/mol. The van der Waals surface area contributed by atoms with E-state index >= 15 is 0 Å². The number of fused-ring (bicyclic) bond motifs is 1. The highest BCUT2D eigenvalue weighted by Gasteiger charge is 2.39. The maximum atomic E-state index is 14.0. The summed E-state index contributed by atoms with van der Waals surface area (Å²) in [6, 6.07) is 7.15. The lowest BCUT2D eigenvalue weighted by Crippen LogP contribution is -2.36. The van der Waals surface area contributed by atoms with Crippen LogP contribution in [0.2, 0.25) is 0 Å². The summed E-state index contributed by atoms with van der Waals surface area (Å²) >= 11 is 1.22. The van der Waals surface area contributed by atoms with Crippen molar-refractivity contribution in [2.75, 3.05) is 44.0 Å². The average Bonchev–Trinajstić information content (AvgIpc) is 3.69. The molecule has 17 heteroatoms. The average molecular weight is 763 g/mol. The van der Waals surface area contributed by atoms with Crippen LogP contribution in [0.1, 0.15) is 59.3 Å². The van der Waals surface area contributed by atoms with Gasteiger partial charge < -0.3 is 20.1 Å². The van der Waals surface area contributed by atoms with Gasteiger partial charge in [-0.05, 0) is 79.1 Å². The highest BCUT2D eigenvalue weighted by atomic mass is 32.1. The fourth-order valence-electron chi connectivity index (χ4n) is 5.51. The number of phosphoric ester groups is 1. The number of anilines is 3. The molecule has 0 saturated carbocycles. The Morgan fingerprint density at radius 1 is 1.06 bits per heavy atom. The first kappa shape index (κ1) is 39.4. The predicted molar refractivity (Wildman–Crippen MR) is 196 cm³/mol. The SMILES string of the molecule is COc1cc2c(Nc3ncc(CC(=O)Nc4cccc(F)c4F)s3)ncnc2cc1OCCN1CCC[C@@H]1COP(=O)(OC(C)(C)C)OC(C)(C)C. The number of methoxy groups -OCH3 is 1. The van der Waals surface area contributed by atoms with Crippen molar-refractivity contribution < 1.29 is 41.2 Å². The van der Waals surface area contributed by atoms with Gasteiger partial charge in [0.1, 0.15) is 18.8 Å². The van der Waals surface area contributed by atoms with Gasteiger partial charge in [0.2, 0.25) is 5.91 Å². The van der Waals surface area contributed by atoms with Crippen LogP contribution in [0.25, 0.3) is 10.9 Å². The van der Waals surface area contributed by atoms with E-state index in [9.17, 15) is 18.1 Å². The lowest BCUT2D eigenvalue weighted by molar-refractivity contribution is -0.115. The molecule has 2 aromatic carbocycles. The number of nitrogens with one attached hydrogen (secondary N) is 2. The van der Waals surface area contributed by atoms with Gasteiger partial charge in [-0.2, -0.15) is 0 Å². The lowest BCUT2D eigenvalue weighted by Gasteiger charge is -2.32. The van der Waals surface area contributed by atoms with E-state index in [1.165, 1.54) is 36.0 Å². The maximum Gasteiger partial charge on any atom is 0.475 e. The minimum atomic E-state index is -3.83. The quantitative estimate of drug-likeness (QED) is 0.114. The molecule has 1 fully saturated rings. The van der Waals surface area contributed by atoms with Crippen LogP contribution in [0.4, 0.5) is 25.4 Å². The van der Waals surface area contributed by atoms with E-state index in [0.717, 1.165) is 25.5 Å². The Labute approximate surface area is 306 Å². The molecule has 1 saturated heterocycles. The smallest absolute Gasteiger partial charge is 0.475 e. The van der Waals surface area contributed by atoms with Crippen LogP contribution >= 0.6 is 19.2 Å². The molecule has 1 atom stereocenters. The largest absolute Gasteiger partial charge is 0.493 e. The number of thiazole rings is 1. The number of aromatic nitrogens is 3. The van der Waals surface area contributed by atoms with E-state index in [1.54, 1.807) is 19.2 Å². The molecule has 2 aromatic heterocycles. The van der Waals surface area contributed by atoms with Crippen molar-refractivity contribution in [2.45, 2.75) is 78.0 Å². The minimum Gasteiger partial charge on any atom is -0.493 e. The number of likely N-dealkylation sites (tertiary alicyclic amines) is 1. The number of hydrogen-bond acceptors (Lipinski definition) is 13. The number of hydrogen-bond donors (Lipinski definition) is 2. The Balaban J connectivity index is 1.19. The molecule has 0 radical (unpaired) electrons. The Hall–Kier alpha value is -3.79. The molecule has 0 unspecified atom stereocenters. The molecule has 0 aliphatic carbocycles. The third-order valence-electron chi connectivity index (χ3n) is 7.59. The molecule has 5 rings (SSSR count). The molecule has 52 heavy (non-hydrogen) atoms. The fourth-order valence-corrected chi connectivity index (χ4v) is 8.16. The molecule has 0 spiro atoms. The van der Waals surface area contributed by atoms with Crippen LogP contribution in [0.15, 0.2) is 42.9 Å². The topological polar surface area (TPSA) is 146 Å². The van der Waals surface area contributed by atoms with Crippen LogP contribution in [0.3, 0.4) is 0 Å². The van der Waals surface area contributed by atoms with Gasteiger partial charge in [0.15, 0.2) is 28.3 Å². The second kappa shape index (κ2) is 16.5. The second-order valence-electron chi connectivity index (χ2n) is 14.2. The molecule has 1 aliphatic rings. The highest BCUT2D eigenvalue weighted by Crippen LogP contribution is 2.55. The predicted octanol–water partition coefficient (Wildman–Crippen LogP) is 7.90. The van der Waals surface area contributed by atoms with Gasteiger partial charge in [-0.3, -0.25) is 23.3 Å². The van der Waals surface area contributed by atoms with Gasteiger partial charge in [-0.1, -0.05) is 6.07 Å². The van der Waals surface area contributed by atoms with Gasteiger partial charge >= 0.3 is 7.82 Å². The number of carbonyl (C=O) groups excluding carboxylic acids is 1. The molecule has 2 N–H and O–H groups in total. The number of phosphoric acid groups is 1. The molecule has 4 aromatic rings. The molecule has 1 aliphatic heterocycles. The van der Waals surface area contributed by atoms with Crippen molar-refractivity contribution in [2.24, 2.45) is 0 Å². The van der Waals surface area contributed by atoms with Gasteiger partial charge in [0, 0.05) is 35.1 Å². The summed E-state index contributed by atoms with van der Waals surface area (Å²) in [5.74, 6) is -1.23. The molecule has 0 bridgehead atoms. The van der Waals surface area contributed by atoms with E-state index < -0.39 is 36.6 Å². The zero-order valence-electron chi connectivity index (χ0n) is 30.3.